The van der Waals surface area contributed by atoms with Gasteiger partial charge in [0.2, 0.25) is 0 Å². The van der Waals surface area contributed by atoms with Gasteiger partial charge in [0.25, 0.3) is 0 Å². The third kappa shape index (κ3) is 4.39. The fourth-order valence-corrected chi connectivity index (χ4v) is 4.28. The molecule has 0 spiro atoms. The summed E-state index contributed by atoms with van der Waals surface area (Å²) in [6, 6.07) is 7.34. The van der Waals surface area contributed by atoms with E-state index in [4.69, 9.17) is 9.47 Å². The lowest BCUT2D eigenvalue weighted by Gasteiger charge is -2.32. The standard InChI is InChI=1S/C20H28N4O4/c25-19(21-13-18(15-6-10-27-14-15)23-7-1-2-8-23)22-16-4-3-5-17(12-16)24-9-11-28-20(24)26/h3-5,12,15,18H,1-2,6-11,13-14H2,(H2,21,22,25). The molecule has 0 bridgehead atoms. The van der Waals surface area contributed by atoms with E-state index in [1.54, 1.807) is 11.0 Å². The van der Waals surface area contributed by atoms with Crippen molar-refractivity contribution in [2.45, 2.75) is 25.3 Å². The van der Waals surface area contributed by atoms with E-state index in [1.807, 2.05) is 18.2 Å². The van der Waals surface area contributed by atoms with Gasteiger partial charge in [0.1, 0.15) is 6.61 Å². The van der Waals surface area contributed by atoms with Gasteiger partial charge in [-0.15, -0.1) is 0 Å². The normalized spacial score (nSPS) is 23.6. The van der Waals surface area contributed by atoms with Gasteiger partial charge in [-0.2, -0.15) is 0 Å². The van der Waals surface area contributed by atoms with Crippen molar-refractivity contribution in [3.63, 3.8) is 0 Å². The predicted octanol–water partition coefficient (Wildman–Crippen LogP) is 2.27. The number of cyclic esters (lactones) is 1. The smallest absolute Gasteiger partial charge is 0.414 e. The molecule has 2 unspecified atom stereocenters. The van der Waals surface area contributed by atoms with Crippen molar-refractivity contribution in [2.75, 3.05) is 56.2 Å². The highest BCUT2D eigenvalue weighted by molar-refractivity contribution is 5.93. The Labute approximate surface area is 165 Å². The third-order valence-electron chi connectivity index (χ3n) is 5.77. The molecule has 1 aromatic rings. The first-order chi connectivity index (χ1) is 13.7. The van der Waals surface area contributed by atoms with E-state index in [0.717, 1.165) is 38.4 Å². The molecule has 2 atom stereocenters. The topological polar surface area (TPSA) is 83.1 Å². The molecule has 4 rings (SSSR count). The first-order valence-corrected chi connectivity index (χ1v) is 10.1. The molecule has 0 radical (unpaired) electrons. The number of carbonyl (C=O) groups excluding carboxylic acids is 2. The molecule has 0 aromatic heterocycles. The highest BCUT2D eigenvalue weighted by Gasteiger charge is 2.32. The van der Waals surface area contributed by atoms with Gasteiger partial charge in [-0.05, 0) is 50.6 Å². The summed E-state index contributed by atoms with van der Waals surface area (Å²) >= 11 is 0. The summed E-state index contributed by atoms with van der Waals surface area (Å²) in [7, 11) is 0. The van der Waals surface area contributed by atoms with Crippen LogP contribution in [0.25, 0.3) is 0 Å². The number of urea groups is 1. The van der Waals surface area contributed by atoms with Crippen molar-refractivity contribution in [2.24, 2.45) is 5.92 Å². The molecule has 152 valence electrons. The van der Waals surface area contributed by atoms with Crippen LogP contribution < -0.4 is 15.5 Å². The lowest BCUT2D eigenvalue weighted by atomic mass is 9.97. The SMILES string of the molecule is O=C(NCC(C1CCOC1)N1CCCC1)Nc1cccc(N2CCOC2=O)c1. The number of likely N-dealkylation sites (tertiary alicyclic amines) is 1. The van der Waals surface area contributed by atoms with Crippen LogP contribution in [0.1, 0.15) is 19.3 Å². The molecule has 1 aromatic carbocycles. The van der Waals surface area contributed by atoms with Crippen molar-refractivity contribution in [3.05, 3.63) is 24.3 Å². The fourth-order valence-electron chi connectivity index (χ4n) is 4.28. The first kappa shape index (κ1) is 19.0. The second-order valence-corrected chi connectivity index (χ2v) is 7.59. The number of hydrogen-bond donors (Lipinski definition) is 2. The Balaban J connectivity index is 1.33. The summed E-state index contributed by atoms with van der Waals surface area (Å²) in [5.41, 5.74) is 1.37. The van der Waals surface area contributed by atoms with Crippen molar-refractivity contribution < 1.29 is 19.1 Å². The van der Waals surface area contributed by atoms with Gasteiger partial charge < -0.3 is 20.1 Å². The van der Waals surface area contributed by atoms with Crippen LogP contribution in [0, 0.1) is 5.92 Å². The van der Waals surface area contributed by atoms with Gasteiger partial charge in [-0.3, -0.25) is 9.80 Å². The minimum Gasteiger partial charge on any atom is -0.447 e. The van der Waals surface area contributed by atoms with E-state index in [9.17, 15) is 9.59 Å². The Hall–Kier alpha value is -2.32. The molecule has 3 aliphatic heterocycles. The van der Waals surface area contributed by atoms with Crippen LogP contribution in [0.3, 0.4) is 0 Å². The number of hydrogen-bond acceptors (Lipinski definition) is 5. The number of nitrogens with one attached hydrogen (secondary N) is 2. The Morgan fingerprint density at radius 2 is 2.07 bits per heavy atom. The van der Waals surface area contributed by atoms with E-state index in [2.05, 4.69) is 15.5 Å². The van der Waals surface area contributed by atoms with Crippen LogP contribution in [-0.4, -0.2) is 69.1 Å². The van der Waals surface area contributed by atoms with Gasteiger partial charge in [0.05, 0.1) is 13.2 Å². The van der Waals surface area contributed by atoms with E-state index < -0.39 is 0 Å². The summed E-state index contributed by atoms with van der Waals surface area (Å²) in [6.07, 6.45) is 3.15. The van der Waals surface area contributed by atoms with Crippen LogP contribution in [0.2, 0.25) is 0 Å². The number of benzene rings is 1. The van der Waals surface area contributed by atoms with Gasteiger partial charge in [-0.1, -0.05) is 6.07 Å². The number of rotatable bonds is 6. The molecule has 0 saturated carbocycles. The fraction of sp³-hybridized carbons (Fsp3) is 0.600. The summed E-state index contributed by atoms with van der Waals surface area (Å²) in [5, 5.41) is 5.91. The van der Waals surface area contributed by atoms with Gasteiger partial charge in [-0.25, -0.2) is 9.59 Å². The van der Waals surface area contributed by atoms with Crippen molar-refractivity contribution in [1.29, 1.82) is 0 Å². The maximum atomic E-state index is 12.5. The molecule has 28 heavy (non-hydrogen) atoms. The lowest BCUT2D eigenvalue weighted by Crippen LogP contribution is -2.48. The molecule has 3 heterocycles. The Morgan fingerprint density at radius 1 is 1.21 bits per heavy atom. The molecule has 8 heteroatoms. The van der Waals surface area contributed by atoms with Crippen molar-refractivity contribution >= 4 is 23.5 Å². The molecule has 8 nitrogen and oxygen atoms in total. The van der Waals surface area contributed by atoms with Crippen LogP contribution in [-0.2, 0) is 9.47 Å². The molecule has 3 amide bonds. The van der Waals surface area contributed by atoms with Gasteiger partial charge >= 0.3 is 12.1 Å². The summed E-state index contributed by atoms with van der Waals surface area (Å²) < 4.78 is 10.5. The van der Waals surface area contributed by atoms with Gasteiger partial charge in [0.15, 0.2) is 0 Å². The maximum absolute atomic E-state index is 12.5. The van der Waals surface area contributed by atoms with Crippen LogP contribution in [0.5, 0.6) is 0 Å². The number of anilines is 2. The molecular formula is C20H28N4O4. The minimum atomic E-state index is -0.353. The van der Waals surface area contributed by atoms with Crippen LogP contribution in [0.15, 0.2) is 24.3 Å². The number of nitrogens with zero attached hydrogens (tertiary/aromatic N) is 2. The zero-order valence-electron chi connectivity index (χ0n) is 16.1. The maximum Gasteiger partial charge on any atom is 0.414 e. The molecule has 3 fully saturated rings. The minimum absolute atomic E-state index is 0.232. The van der Waals surface area contributed by atoms with E-state index in [1.165, 1.54) is 12.8 Å². The summed E-state index contributed by atoms with van der Waals surface area (Å²) in [4.78, 5) is 28.2. The highest BCUT2D eigenvalue weighted by Crippen LogP contribution is 2.25. The zero-order valence-corrected chi connectivity index (χ0v) is 16.1. The summed E-state index contributed by atoms with van der Waals surface area (Å²) in [5.74, 6) is 0.475. The molecule has 3 aliphatic rings. The highest BCUT2D eigenvalue weighted by atomic mass is 16.6. The largest absolute Gasteiger partial charge is 0.447 e. The van der Waals surface area contributed by atoms with E-state index >= 15 is 0 Å². The Kier molecular flexibility index (Phi) is 5.97. The predicted molar refractivity (Wildman–Crippen MR) is 106 cm³/mol. The Bertz CT molecular complexity index is 685. The molecular weight excluding hydrogens is 360 g/mol. The Morgan fingerprint density at radius 3 is 2.79 bits per heavy atom. The monoisotopic (exact) mass is 388 g/mol. The quantitative estimate of drug-likeness (QED) is 0.781. The van der Waals surface area contributed by atoms with Crippen LogP contribution in [0.4, 0.5) is 21.0 Å². The van der Waals surface area contributed by atoms with Gasteiger partial charge in [0, 0.05) is 36.5 Å². The average molecular weight is 388 g/mol. The van der Waals surface area contributed by atoms with E-state index in [-0.39, 0.29) is 12.1 Å². The zero-order chi connectivity index (χ0) is 19.3. The second-order valence-electron chi connectivity index (χ2n) is 7.59. The number of amides is 3. The van der Waals surface area contributed by atoms with Crippen LogP contribution >= 0.6 is 0 Å². The second kappa shape index (κ2) is 8.79. The molecule has 2 N–H and O–H groups in total. The third-order valence-corrected chi connectivity index (χ3v) is 5.77. The first-order valence-electron chi connectivity index (χ1n) is 10.1. The number of carbonyl (C=O) groups is 2. The van der Waals surface area contributed by atoms with E-state index in [0.29, 0.717) is 37.3 Å². The summed E-state index contributed by atoms with van der Waals surface area (Å²) in [6.45, 7) is 5.30. The number of ether oxygens (including phenoxy) is 2. The molecule has 3 saturated heterocycles. The van der Waals surface area contributed by atoms with Crippen molar-refractivity contribution in [3.8, 4) is 0 Å². The van der Waals surface area contributed by atoms with Crippen molar-refractivity contribution in [1.82, 2.24) is 10.2 Å². The molecule has 0 aliphatic carbocycles. The average Bonchev–Trinajstić information content (AvgIpc) is 3.45. The lowest BCUT2D eigenvalue weighted by molar-refractivity contribution is 0.135.